The summed E-state index contributed by atoms with van der Waals surface area (Å²) in [5.74, 6) is 0.283. The summed E-state index contributed by atoms with van der Waals surface area (Å²) in [5.41, 5.74) is 2.87. The van der Waals surface area contributed by atoms with Crippen molar-refractivity contribution in [2.75, 3.05) is 7.11 Å². The summed E-state index contributed by atoms with van der Waals surface area (Å²) >= 11 is 0. The molecule has 1 N–H and O–H groups in total. The summed E-state index contributed by atoms with van der Waals surface area (Å²) in [7, 11) is 3.44. The zero-order valence-electron chi connectivity index (χ0n) is 12.1. The number of halogens is 1. The van der Waals surface area contributed by atoms with Crippen molar-refractivity contribution in [1.29, 1.82) is 0 Å². The van der Waals surface area contributed by atoms with Gasteiger partial charge in [0.2, 0.25) is 0 Å². The van der Waals surface area contributed by atoms with Crippen LogP contribution in [0.2, 0.25) is 0 Å². The van der Waals surface area contributed by atoms with Crippen LogP contribution in [0.25, 0.3) is 0 Å². The SMILES string of the molecule is CCc1nn(C)cc1CNCc1ccc(OC)cc1F. The summed E-state index contributed by atoms with van der Waals surface area (Å²) in [5, 5.41) is 7.63. The average Bonchev–Trinajstić information content (AvgIpc) is 2.80. The molecule has 5 heteroatoms. The van der Waals surface area contributed by atoms with Crippen LogP contribution in [0, 0.1) is 5.82 Å². The van der Waals surface area contributed by atoms with Crippen molar-refractivity contribution in [2.45, 2.75) is 26.4 Å². The molecular formula is C15H20FN3O. The molecule has 0 fully saturated rings. The van der Waals surface area contributed by atoms with Crippen LogP contribution >= 0.6 is 0 Å². The zero-order valence-corrected chi connectivity index (χ0v) is 12.1. The lowest BCUT2D eigenvalue weighted by molar-refractivity contribution is 0.410. The van der Waals surface area contributed by atoms with Gasteiger partial charge in [0.15, 0.2) is 0 Å². The molecule has 4 nitrogen and oxygen atoms in total. The number of rotatable bonds is 6. The smallest absolute Gasteiger partial charge is 0.131 e. The van der Waals surface area contributed by atoms with Crippen LogP contribution in [0.4, 0.5) is 4.39 Å². The second kappa shape index (κ2) is 6.52. The van der Waals surface area contributed by atoms with Gasteiger partial charge in [0.25, 0.3) is 0 Å². The van der Waals surface area contributed by atoms with Gasteiger partial charge in [0.1, 0.15) is 11.6 Å². The molecule has 20 heavy (non-hydrogen) atoms. The maximum absolute atomic E-state index is 13.8. The predicted molar refractivity (Wildman–Crippen MR) is 76.1 cm³/mol. The number of aryl methyl sites for hydroxylation is 2. The fourth-order valence-corrected chi connectivity index (χ4v) is 2.16. The third kappa shape index (κ3) is 3.36. The number of ether oxygens (including phenoxy) is 1. The van der Waals surface area contributed by atoms with Gasteiger partial charge in [-0.3, -0.25) is 4.68 Å². The molecule has 0 aliphatic carbocycles. The molecule has 2 rings (SSSR count). The van der Waals surface area contributed by atoms with E-state index in [1.807, 2.05) is 17.9 Å². The fraction of sp³-hybridized carbons (Fsp3) is 0.400. The number of aromatic nitrogens is 2. The molecule has 0 radical (unpaired) electrons. The minimum atomic E-state index is -0.251. The number of nitrogens with one attached hydrogen (secondary N) is 1. The van der Waals surface area contributed by atoms with E-state index in [2.05, 4.69) is 17.3 Å². The molecule has 1 aromatic carbocycles. The van der Waals surface area contributed by atoms with Gasteiger partial charge in [-0.15, -0.1) is 0 Å². The Morgan fingerprint density at radius 1 is 1.30 bits per heavy atom. The van der Waals surface area contributed by atoms with Gasteiger partial charge in [0, 0.05) is 43.5 Å². The fourth-order valence-electron chi connectivity index (χ4n) is 2.16. The molecular weight excluding hydrogens is 257 g/mol. The summed E-state index contributed by atoms with van der Waals surface area (Å²) in [6.45, 7) is 3.24. The molecule has 108 valence electrons. The molecule has 0 bridgehead atoms. The third-order valence-corrected chi connectivity index (χ3v) is 3.22. The molecule has 0 spiro atoms. The van der Waals surface area contributed by atoms with Crippen LogP contribution in [-0.4, -0.2) is 16.9 Å². The van der Waals surface area contributed by atoms with Crippen LogP contribution in [-0.2, 0) is 26.6 Å². The molecule has 1 heterocycles. The van der Waals surface area contributed by atoms with Gasteiger partial charge in [-0.05, 0) is 12.5 Å². The molecule has 0 saturated carbocycles. The molecule has 1 aromatic heterocycles. The van der Waals surface area contributed by atoms with E-state index in [0.717, 1.165) is 17.7 Å². The first-order chi connectivity index (χ1) is 9.63. The topological polar surface area (TPSA) is 39.1 Å². The van der Waals surface area contributed by atoms with Crippen LogP contribution in [0.3, 0.4) is 0 Å². The Kier molecular flexibility index (Phi) is 4.74. The van der Waals surface area contributed by atoms with Gasteiger partial charge in [-0.2, -0.15) is 5.10 Å². The maximum atomic E-state index is 13.8. The number of nitrogens with zero attached hydrogens (tertiary/aromatic N) is 2. The molecule has 0 amide bonds. The highest BCUT2D eigenvalue weighted by Crippen LogP contribution is 2.16. The van der Waals surface area contributed by atoms with E-state index in [0.29, 0.717) is 24.4 Å². The first kappa shape index (κ1) is 14.5. The molecule has 0 aliphatic heterocycles. The van der Waals surface area contributed by atoms with Crippen LogP contribution < -0.4 is 10.1 Å². The zero-order chi connectivity index (χ0) is 14.5. The van der Waals surface area contributed by atoms with Crippen molar-refractivity contribution in [1.82, 2.24) is 15.1 Å². The summed E-state index contributed by atoms with van der Waals surface area (Å²) in [6.07, 6.45) is 2.89. The Bertz CT molecular complexity index is 580. The molecule has 0 saturated heterocycles. The minimum Gasteiger partial charge on any atom is -0.497 e. The Morgan fingerprint density at radius 2 is 2.05 bits per heavy atom. The largest absolute Gasteiger partial charge is 0.497 e. The quantitative estimate of drug-likeness (QED) is 0.881. The van der Waals surface area contributed by atoms with Gasteiger partial charge >= 0.3 is 0 Å². The lowest BCUT2D eigenvalue weighted by atomic mass is 10.2. The summed E-state index contributed by atoms with van der Waals surface area (Å²) in [6, 6.07) is 4.91. The second-order valence-electron chi connectivity index (χ2n) is 4.69. The standard InChI is InChI=1S/C15H20FN3O/c1-4-15-12(10-19(2)18-15)9-17-8-11-5-6-13(20-3)7-14(11)16/h5-7,10,17H,4,8-9H2,1-3H3. The van der Waals surface area contributed by atoms with Crippen molar-refractivity contribution in [3.63, 3.8) is 0 Å². The Morgan fingerprint density at radius 3 is 2.70 bits per heavy atom. The number of benzene rings is 1. The molecule has 2 aromatic rings. The van der Waals surface area contributed by atoms with E-state index >= 15 is 0 Å². The van der Waals surface area contributed by atoms with E-state index in [4.69, 9.17) is 4.74 Å². The number of hydrogen-bond donors (Lipinski definition) is 1. The molecule has 0 aliphatic rings. The number of methoxy groups -OCH3 is 1. The third-order valence-electron chi connectivity index (χ3n) is 3.22. The van der Waals surface area contributed by atoms with Gasteiger partial charge < -0.3 is 10.1 Å². The Balaban J connectivity index is 1.95. The number of hydrogen-bond acceptors (Lipinski definition) is 3. The Labute approximate surface area is 118 Å². The van der Waals surface area contributed by atoms with Gasteiger partial charge in [-0.25, -0.2) is 4.39 Å². The van der Waals surface area contributed by atoms with E-state index in [1.165, 1.54) is 13.2 Å². The highest BCUT2D eigenvalue weighted by atomic mass is 19.1. The highest BCUT2D eigenvalue weighted by Gasteiger charge is 2.07. The van der Waals surface area contributed by atoms with Crippen molar-refractivity contribution in [3.05, 3.63) is 47.0 Å². The highest BCUT2D eigenvalue weighted by molar-refractivity contribution is 5.29. The molecule has 0 unspecified atom stereocenters. The van der Waals surface area contributed by atoms with Crippen molar-refractivity contribution in [3.8, 4) is 5.75 Å². The average molecular weight is 277 g/mol. The van der Waals surface area contributed by atoms with Crippen LogP contribution in [0.5, 0.6) is 5.75 Å². The summed E-state index contributed by atoms with van der Waals surface area (Å²) in [4.78, 5) is 0. The van der Waals surface area contributed by atoms with E-state index in [1.54, 1.807) is 12.1 Å². The Hall–Kier alpha value is -1.88. The van der Waals surface area contributed by atoms with Crippen molar-refractivity contribution >= 4 is 0 Å². The van der Waals surface area contributed by atoms with Gasteiger partial charge in [0.05, 0.1) is 12.8 Å². The lowest BCUT2D eigenvalue weighted by Crippen LogP contribution is -2.14. The lowest BCUT2D eigenvalue weighted by Gasteiger charge is -2.07. The summed E-state index contributed by atoms with van der Waals surface area (Å²) < 4.78 is 20.6. The van der Waals surface area contributed by atoms with E-state index in [-0.39, 0.29) is 5.82 Å². The van der Waals surface area contributed by atoms with Crippen molar-refractivity contribution < 1.29 is 9.13 Å². The first-order valence-corrected chi connectivity index (χ1v) is 6.68. The molecule has 0 atom stereocenters. The van der Waals surface area contributed by atoms with Gasteiger partial charge in [-0.1, -0.05) is 13.0 Å². The second-order valence-corrected chi connectivity index (χ2v) is 4.69. The normalized spacial score (nSPS) is 10.8. The van der Waals surface area contributed by atoms with Crippen molar-refractivity contribution in [2.24, 2.45) is 7.05 Å². The predicted octanol–water partition coefficient (Wildman–Crippen LogP) is 2.42. The van der Waals surface area contributed by atoms with E-state index in [9.17, 15) is 4.39 Å². The van der Waals surface area contributed by atoms with Crippen LogP contribution in [0.1, 0.15) is 23.7 Å². The first-order valence-electron chi connectivity index (χ1n) is 6.68. The minimum absolute atomic E-state index is 0.251. The maximum Gasteiger partial charge on any atom is 0.131 e. The monoisotopic (exact) mass is 277 g/mol. The van der Waals surface area contributed by atoms with E-state index < -0.39 is 0 Å². The van der Waals surface area contributed by atoms with Crippen LogP contribution in [0.15, 0.2) is 24.4 Å².